The Kier molecular flexibility index (Phi) is 16.6. The summed E-state index contributed by atoms with van der Waals surface area (Å²) >= 11 is 3.34. The Morgan fingerprint density at radius 2 is 1.68 bits per heavy atom. The quantitative estimate of drug-likeness (QED) is 0.247. The Balaban J connectivity index is 0.000000512. The lowest BCUT2D eigenvalue weighted by Crippen LogP contribution is -2.22. The molecule has 180 valence electrons. The summed E-state index contributed by atoms with van der Waals surface area (Å²) in [5.41, 5.74) is 1.07. The van der Waals surface area contributed by atoms with Crippen molar-refractivity contribution in [2.45, 2.75) is 88.7 Å². The Hall–Kier alpha value is -0.470. The first kappa shape index (κ1) is 28.6. The highest BCUT2D eigenvalue weighted by atomic mass is 79.9. The maximum atomic E-state index is 12.2. The van der Waals surface area contributed by atoms with E-state index in [1.807, 2.05) is 19.1 Å². The van der Waals surface area contributed by atoms with Gasteiger partial charge in [0.05, 0.1) is 10.6 Å². The van der Waals surface area contributed by atoms with Gasteiger partial charge in [0.15, 0.2) is 16.1 Å². The monoisotopic (exact) mass is 520 g/mol. The van der Waals surface area contributed by atoms with Crippen molar-refractivity contribution >= 4 is 25.8 Å². The lowest BCUT2D eigenvalue weighted by atomic mass is 10.2. The van der Waals surface area contributed by atoms with Crippen LogP contribution < -0.4 is 0 Å². The molecule has 0 aromatic heterocycles. The van der Waals surface area contributed by atoms with Gasteiger partial charge in [-0.1, -0.05) is 59.3 Å². The highest BCUT2D eigenvalue weighted by molar-refractivity contribution is 9.09. The van der Waals surface area contributed by atoms with Gasteiger partial charge in [-0.2, -0.15) is 0 Å². The van der Waals surface area contributed by atoms with Crippen molar-refractivity contribution in [3.05, 3.63) is 29.8 Å². The molecular formula is C24H41BrO5S. The molecule has 1 atom stereocenters. The Bertz CT molecular complexity index is 636. The average Bonchev–Trinajstić information content (AvgIpc) is 2.77. The van der Waals surface area contributed by atoms with Crippen molar-refractivity contribution in [1.29, 1.82) is 0 Å². The Morgan fingerprint density at radius 3 is 2.32 bits per heavy atom. The number of aliphatic hydroxyl groups is 1. The van der Waals surface area contributed by atoms with Crippen molar-refractivity contribution in [3.63, 3.8) is 0 Å². The van der Waals surface area contributed by atoms with Gasteiger partial charge in [0, 0.05) is 25.2 Å². The maximum Gasteiger partial charge on any atom is 0.178 e. The first-order chi connectivity index (χ1) is 15.0. The minimum Gasteiger partial charge on any atom is -0.396 e. The van der Waals surface area contributed by atoms with E-state index in [1.54, 1.807) is 12.1 Å². The van der Waals surface area contributed by atoms with E-state index < -0.39 is 9.84 Å². The van der Waals surface area contributed by atoms with Gasteiger partial charge in [0.2, 0.25) is 0 Å². The van der Waals surface area contributed by atoms with Crippen LogP contribution in [0.25, 0.3) is 0 Å². The van der Waals surface area contributed by atoms with Crippen LogP contribution in [0.1, 0.15) is 76.2 Å². The predicted octanol–water partition coefficient (Wildman–Crippen LogP) is 5.81. The van der Waals surface area contributed by atoms with E-state index in [1.165, 1.54) is 25.7 Å². The van der Waals surface area contributed by atoms with E-state index in [4.69, 9.17) is 14.6 Å². The minimum atomic E-state index is -3.14. The van der Waals surface area contributed by atoms with Crippen LogP contribution in [0.3, 0.4) is 0 Å². The van der Waals surface area contributed by atoms with E-state index >= 15 is 0 Å². The second kappa shape index (κ2) is 18.0. The van der Waals surface area contributed by atoms with Gasteiger partial charge < -0.3 is 14.6 Å². The van der Waals surface area contributed by atoms with E-state index in [0.717, 1.165) is 56.0 Å². The molecule has 2 rings (SSSR count). The van der Waals surface area contributed by atoms with Gasteiger partial charge in [0.25, 0.3) is 0 Å². The second-order valence-corrected chi connectivity index (χ2v) is 10.9. The number of unbranched alkanes of at least 4 members (excludes halogenated alkanes) is 6. The zero-order valence-corrected chi connectivity index (χ0v) is 21.5. The molecule has 1 aliphatic heterocycles. The predicted molar refractivity (Wildman–Crippen MR) is 131 cm³/mol. The molecule has 1 saturated heterocycles. The average molecular weight is 522 g/mol. The number of aryl methyl sites for hydroxylation is 1. The SMILES string of the molecule is Cc1ccc(S(=O)(=O)CCCCCCOC2CCCCO2)cc1.OCCCCCCBr. The third-order valence-electron chi connectivity index (χ3n) is 5.17. The molecule has 0 spiro atoms. The summed E-state index contributed by atoms with van der Waals surface area (Å²) < 4.78 is 35.6. The van der Waals surface area contributed by atoms with Gasteiger partial charge >= 0.3 is 0 Å². The van der Waals surface area contributed by atoms with Crippen LogP contribution in [0.4, 0.5) is 0 Å². The Morgan fingerprint density at radius 1 is 1.00 bits per heavy atom. The summed E-state index contributed by atoms with van der Waals surface area (Å²) in [7, 11) is -3.14. The van der Waals surface area contributed by atoms with Crippen LogP contribution in [-0.2, 0) is 19.3 Å². The fourth-order valence-corrected chi connectivity index (χ4v) is 5.00. The number of benzene rings is 1. The topological polar surface area (TPSA) is 72.8 Å². The molecule has 1 unspecified atom stereocenters. The van der Waals surface area contributed by atoms with E-state index in [-0.39, 0.29) is 12.0 Å². The van der Waals surface area contributed by atoms with Gasteiger partial charge in [-0.25, -0.2) is 8.42 Å². The standard InChI is InChI=1S/C18H28O4S.C6H13BrO/c1-16-9-11-17(12-10-16)23(19,20)15-7-3-2-5-13-21-18-8-4-6-14-22-18;7-5-3-1-2-4-6-8/h9-12,18H,2-8,13-15H2,1H3;8H,1-6H2. The molecule has 0 aliphatic carbocycles. The van der Waals surface area contributed by atoms with E-state index in [2.05, 4.69) is 15.9 Å². The van der Waals surface area contributed by atoms with Gasteiger partial charge in [0.1, 0.15) is 0 Å². The first-order valence-electron chi connectivity index (χ1n) is 11.7. The zero-order chi connectivity index (χ0) is 22.8. The van der Waals surface area contributed by atoms with Crippen molar-refractivity contribution in [1.82, 2.24) is 0 Å². The van der Waals surface area contributed by atoms with Crippen LogP contribution in [0.15, 0.2) is 29.2 Å². The van der Waals surface area contributed by atoms with Crippen molar-refractivity contribution < 1.29 is 23.0 Å². The number of alkyl halides is 1. The van der Waals surface area contributed by atoms with Crippen molar-refractivity contribution in [2.24, 2.45) is 0 Å². The number of hydrogen-bond acceptors (Lipinski definition) is 5. The van der Waals surface area contributed by atoms with E-state index in [9.17, 15) is 8.42 Å². The molecule has 1 fully saturated rings. The molecule has 1 aliphatic rings. The van der Waals surface area contributed by atoms with Crippen LogP contribution in [0, 0.1) is 6.92 Å². The highest BCUT2D eigenvalue weighted by Gasteiger charge is 2.14. The summed E-state index contributed by atoms with van der Waals surface area (Å²) in [4.78, 5) is 0.431. The number of rotatable bonds is 14. The third kappa shape index (κ3) is 14.3. The van der Waals surface area contributed by atoms with Gasteiger partial charge in [-0.05, 0) is 64.0 Å². The van der Waals surface area contributed by atoms with Gasteiger partial charge in [-0.15, -0.1) is 0 Å². The summed E-state index contributed by atoms with van der Waals surface area (Å²) in [6.07, 6.45) is 11.5. The number of sulfone groups is 1. The fraction of sp³-hybridized carbons (Fsp3) is 0.750. The smallest absolute Gasteiger partial charge is 0.178 e. The molecule has 1 aromatic rings. The summed E-state index contributed by atoms with van der Waals surface area (Å²) in [6.45, 7) is 3.82. The molecule has 0 amide bonds. The lowest BCUT2D eigenvalue weighted by molar-refractivity contribution is -0.162. The molecule has 1 aromatic carbocycles. The summed E-state index contributed by atoms with van der Waals surface area (Å²) in [5, 5.41) is 9.45. The van der Waals surface area contributed by atoms with Crippen LogP contribution in [0.5, 0.6) is 0 Å². The minimum absolute atomic E-state index is 0.0225. The maximum absolute atomic E-state index is 12.2. The molecule has 0 saturated carbocycles. The summed E-state index contributed by atoms with van der Waals surface area (Å²) in [6, 6.07) is 7.08. The number of aliphatic hydroxyl groups excluding tert-OH is 1. The van der Waals surface area contributed by atoms with Crippen LogP contribution in [-0.4, -0.2) is 50.7 Å². The third-order valence-corrected chi connectivity index (χ3v) is 7.55. The van der Waals surface area contributed by atoms with Crippen LogP contribution >= 0.6 is 15.9 Å². The van der Waals surface area contributed by atoms with Crippen molar-refractivity contribution in [2.75, 3.05) is 30.9 Å². The fourth-order valence-electron chi connectivity index (χ4n) is 3.23. The zero-order valence-electron chi connectivity index (χ0n) is 19.1. The molecule has 1 heterocycles. The number of halogens is 1. The largest absolute Gasteiger partial charge is 0.396 e. The van der Waals surface area contributed by atoms with Crippen LogP contribution in [0.2, 0.25) is 0 Å². The first-order valence-corrected chi connectivity index (χ1v) is 14.5. The molecule has 0 radical (unpaired) electrons. The van der Waals surface area contributed by atoms with Gasteiger partial charge in [-0.3, -0.25) is 0 Å². The molecule has 31 heavy (non-hydrogen) atoms. The normalized spacial score (nSPS) is 16.5. The molecule has 0 bridgehead atoms. The molecule has 7 heteroatoms. The number of hydrogen-bond donors (Lipinski definition) is 1. The molecular weight excluding hydrogens is 480 g/mol. The second-order valence-electron chi connectivity index (χ2n) is 8.04. The lowest BCUT2D eigenvalue weighted by Gasteiger charge is -2.22. The molecule has 5 nitrogen and oxygen atoms in total. The number of ether oxygens (including phenoxy) is 2. The van der Waals surface area contributed by atoms with Crippen molar-refractivity contribution in [3.8, 4) is 0 Å². The summed E-state index contributed by atoms with van der Waals surface area (Å²) in [5.74, 6) is 0.225. The highest BCUT2D eigenvalue weighted by Crippen LogP contribution is 2.16. The Labute approximate surface area is 198 Å². The molecule has 1 N–H and O–H groups in total. The van der Waals surface area contributed by atoms with E-state index in [0.29, 0.717) is 24.5 Å².